The van der Waals surface area contributed by atoms with Crippen molar-refractivity contribution in [3.8, 4) is 0 Å². The van der Waals surface area contributed by atoms with E-state index in [0.717, 1.165) is 12.8 Å². The summed E-state index contributed by atoms with van der Waals surface area (Å²) in [6.45, 7) is 7.63. The quantitative estimate of drug-likeness (QED) is 0.831. The molecule has 6 heteroatoms. The van der Waals surface area contributed by atoms with E-state index in [0.29, 0.717) is 45.0 Å². The molecule has 0 aromatic heterocycles. The molecule has 23 heavy (non-hydrogen) atoms. The van der Waals surface area contributed by atoms with Crippen LogP contribution in [0.3, 0.4) is 0 Å². The molecule has 2 aliphatic heterocycles. The Kier molecular flexibility index (Phi) is 6.14. The number of urea groups is 1. The summed E-state index contributed by atoms with van der Waals surface area (Å²) in [5, 5.41) is 3.20. The molecule has 3 fully saturated rings. The Balaban J connectivity index is 1.36. The number of hydrogen-bond acceptors (Lipinski definition) is 4. The van der Waals surface area contributed by atoms with E-state index in [4.69, 9.17) is 9.47 Å². The Bertz CT molecular complexity index is 381. The van der Waals surface area contributed by atoms with Gasteiger partial charge in [-0.2, -0.15) is 0 Å². The van der Waals surface area contributed by atoms with Gasteiger partial charge >= 0.3 is 6.03 Å². The molecule has 2 heterocycles. The molecule has 0 radical (unpaired) electrons. The SMILES string of the molecule is CCOCC1CN(C(=O)NC2CC(N3CCCCC3)C2)CCO1. The minimum absolute atomic E-state index is 0.0111. The van der Waals surface area contributed by atoms with Crippen LogP contribution < -0.4 is 5.32 Å². The Morgan fingerprint density at radius 1 is 1.22 bits per heavy atom. The van der Waals surface area contributed by atoms with Crippen molar-refractivity contribution in [3.63, 3.8) is 0 Å². The first-order valence-corrected chi connectivity index (χ1v) is 9.25. The minimum Gasteiger partial charge on any atom is -0.379 e. The van der Waals surface area contributed by atoms with Crippen LogP contribution >= 0.6 is 0 Å². The van der Waals surface area contributed by atoms with Crippen LogP contribution in [0.25, 0.3) is 0 Å². The zero-order chi connectivity index (χ0) is 16.1. The van der Waals surface area contributed by atoms with E-state index in [1.807, 2.05) is 11.8 Å². The van der Waals surface area contributed by atoms with Gasteiger partial charge < -0.3 is 24.6 Å². The van der Waals surface area contributed by atoms with Gasteiger partial charge in [-0.25, -0.2) is 4.79 Å². The van der Waals surface area contributed by atoms with Gasteiger partial charge in [0.15, 0.2) is 0 Å². The molecule has 2 amide bonds. The number of carbonyl (C=O) groups is 1. The van der Waals surface area contributed by atoms with Crippen molar-refractivity contribution in [1.29, 1.82) is 0 Å². The maximum Gasteiger partial charge on any atom is 0.317 e. The average Bonchev–Trinajstić information content (AvgIpc) is 2.56. The second-order valence-corrected chi connectivity index (χ2v) is 6.97. The van der Waals surface area contributed by atoms with E-state index in [1.54, 1.807) is 0 Å². The molecule has 3 aliphatic rings. The van der Waals surface area contributed by atoms with E-state index in [-0.39, 0.29) is 12.1 Å². The summed E-state index contributed by atoms with van der Waals surface area (Å²) in [7, 11) is 0. The number of nitrogens with zero attached hydrogens (tertiary/aromatic N) is 2. The van der Waals surface area contributed by atoms with Crippen molar-refractivity contribution in [1.82, 2.24) is 15.1 Å². The third kappa shape index (κ3) is 4.58. The van der Waals surface area contributed by atoms with Crippen molar-refractivity contribution in [2.75, 3.05) is 46.0 Å². The number of amides is 2. The Morgan fingerprint density at radius 2 is 2.00 bits per heavy atom. The van der Waals surface area contributed by atoms with Crippen LogP contribution in [0.2, 0.25) is 0 Å². The molecule has 2 saturated heterocycles. The van der Waals surface area contributed by atoms with Crippen LogP contribution in [0.5, 0.6) is 0 Å². The lowest BCUT2D eigenvalue weighted by Gasteiger charge is -2.45. The maximum atomic E-state index is 12.4. The standard InChI is InChI=1S/C17H31N3O3/c1-2-22-13-16-12-20(8-9-23-16)17(21)18-14-10-15(11-14)19-6-4-3-5-7-19/h14-16H,2-13H2,1H3,(H,18,21). The smallest absolute Gasteiger partial charge is 0.317 e. The zero-order valence-corrected chi connectivity index (χ0v) is 14.3. The summed E-state index contributed by atoms with van der Waals surface area (Å²) in [6, 6.07) is 1.11. The topological polar surface area (TPSA) is 54.0 Å². The molecule has 1 atom stereocenters. The van der Waals surface area contributed by atoms with Gasteiger partial charge in [0.05, 0.1) is 25.9 Å². The average molecular weight is 325 g/mol. The maximum absolute atomic E-state index is 12.4. The number of nitrogens with one attached hydrogen (secondary N) is 1. The number of likely N-dealkylation sites (tertiary alicyclic amines) is 1. The number of carbonyl (C=O) groups excluding carboxylic acids is 1. The molecule has 0 aromatic rings. The number of ether oxygens (including phenoxy) is 2. The van der Waals surface area contributed by atoms with Gasteiger partial charge in [-0.3, -0.25) is 0 Å². The predicted molar refractivity (Wildman–Crippen MR) is 88.6 cm³/mol. The van der Waals surface area contributed by atoms with Gasteiger partial charge in [-0.1, -0.05) is 6.42 Å². The predicted octanol–water partition coefficient (Wildman–Crippen LogP) is 1.45. The van der Waals surface area contributed by atoms with Crippen molar-refractivity contribution >= 4 is 6.03 Å². The van der Waals surface area contributed by atoms with Gasteiger partial charge in [0, 0.05) is 25.2 Å². The van der Waals surface area contributed by atoms with E-state index >= 15 is 0 Å². The molecule has 0 bridgehead atoms. The molecule has 1 aliphatic carbocycles. The summed E-state index contributed by atoms with van der Waals surface area (Å²) in [6.07, 6.45) is 6.28. The highest BCUT2D eigenvalue weighted by Gasteiger charge is 2.36. The molecule has 1 unspecified atom stereocenters. The largest absolute Gasteiger partial charge is 0.379 e. The Hall–Kier alpha value is -0.850. The van der Waals surface area contributed by atoms with E-state index in [2.05, 4.69) is 10.2 Å². The van der Waals surface area contributed by atoms with Gasteiger partial charge in [0.25, 0.3) is 0 Å². The fourth-order valence-electron chi connectivity index (χ4n) is 3.81. The summed E-state index contributed by atoms with van der Waals surface area (Å²) >= 11 is 0. The number of morpholine rings is 1. The highest BCUT2D eigenvalue weighted by atomic mass is 16.5. The van der Waals surface area contributed by atoms with Crippen molar-refractivity contribution in [2.45, 2.75) is 57.2 Å². The van der Waals surface area contributed by atoms with E-state index < -0.39 is 0 Å². The van der Waals surface area contributed by atoms with E-state index in [1.165, 1.54) is 32.4 Å². The molecule has 0 spiro atoms. The first-order valence-electron chi connectivity index (χ1n) is 9.25. The van der Waals surface area contributed by atoms with Crippen LogP contribution in [0.15, 0.2) is 0 Å². The van der Waals surface area contributed by atoms with Crippen LogP contribution in [0, 0.1) is 0 Å². The van der Waals surface area contributed by atoms with E-state index in [9.17, 15) is 4.79 Å². The monoisotopic (exact) mass is 325 g/mol. The van der Waals surface area contributed by atoms with Crippen molar-refractivity contribution in [2.24, 2.45) is 0 Å². The lowest BCUT2D eigenvalue weighted by Crippen LogP contribution is -2.58. The summed E-state index contributed by atoms with van der Waals surface area (Å²) < 4.78 is 11.1. The lowest BCUT2D eigenvalue weighted by atomic mass is 9.84. The minimum atomic E-state index is 0.0111. The highest BCUT2D eigenvalue weighted by Crippen LogP contribution is 2.28. The van der Waals surface area contributed by atoms with Crippen LogP contribution in [0.4, 0.5) is 4.79 Å². The van der Waals surface area contributed by atoms with Crippen molar-refractivity contribution in [3.05, 3.63) is 0 Å². The number of hydrogen-bond donors (Lipinski definition) is 1. The van der Waals surface area contributed by atoms with Gasteiger partial charge in [0.2, 0.25) is 0 Å². The molecule has 3 rings (SSSR count). The number of rotatable bonds is 5. The fourth-order valence-corrected chi connectivity index (χ4v) is 3.81. The second-order valence-electron chi connectivity index (χ2n) is 6.97. The van der Waals surface area contributed by atoms with Crippen LogP contribution in [-0.2, 0) is 9.47 Å². The van der Waals surface area contributed by atoms with Gasteiger partial charge in [0.1, 0.15) is 0 Å². The molecule has 1 saturated carbocycles. The van der Waals surface area contributed by atoms with Gasteiger partial charge in [-0.15, -0.1) is 0 Å². The summed E-state index contributed by atoms with van der Waals surface area (Å²) in [4.78, 5) is 16.9. The van der Waals surface area contributed by atoms with Crippen LogP contribution in [0.1, 0.15) is 39.0 Å². The van der Waals surface area contributed by atoms with Crippen molar-refractivity contribution < 1.29 is 14.3 Å². The molecule has 132 valence electrons. The first-order chi connectivity index (χ1) is 11.3. The molecular formula is C17H31N3O3. The molecule has 0 aromatic carbocycles. The molecule has 6 nitrogen and oxygen atoms in total. The fraction of sp³-hybridized carbons (Fsp3) is 0.941. The summed E-state index contributed by atoms with van der Waals surface area (Å²) in [5.41, 5.74) is 0. The van der Waals surface area contributed by atoms with Gasteiger partial charge in [-0.05, 0) is 45.7 Å². The molecular weight excluding hydrogens is 294 g/mol. The third-order valence-corrected chi connectivity index (χ3v) is 5.28. The lowest BCUT2D eigenvalue weighted by molar-refractivity contribution is -0.0573. The molecule has 1 N–H and O–H groups in total. The Labute approximate surface area is 139 Å². The third-order valence-electron chi connectivity index (χ3n) is 5.28. The Morgan fingerprint density at radius 3 is 2.74 bits per heavy atom. The second kappa shape index (κ2) is 8.31. The van der Waals surface area contributed by atoms with Crippen LogP contribution in [-0.4, -0.2) is 80.0 Å². The first kappa shape index (κ1) is 17.0. The zero-order valence-electron chi connectivity index (χ0n) is 14.3. The highest BCUT2D eigenvalue weighted by molar-refractivity contribution is 5.74. The summed E-state index contributed by atoms with van der Waals surface area (Å²) in [5.74, 6) is 0. The normalized spacial score (nSPS) is 32.4. The number of piperidine rings is 1.